The fourth-order valence-corrected chi connectivity index (χ4v) is 6.77. The first-order valence-corrected chi connectivity index (χ1v) is 15.1. The van der Waals surface area contributed by atoms with E-state index < -0.39 is 17.6 Å². The lowest BCUT2D eigenvalue weighted by Gasteiger charge is -2.39. The van der Waals surface area contributed by atoms with Crippen molar-refractivity contribution in [2.45, 2.75) is 78.0 Å². The lowest BCUT2D eigenvalue weighted by molar-refractivity contribution is -0.140. The smallest absolute Gasteiger partial charge is 0.331 e. The van der Waals surface area contributed by atoms with Crippen molar-refractivity contribution in [3.8, 4) is 0 Å². The average molecular weight is 582 g/mol. The lowest BCUT2D eigenvalue weighted by atomic mass is 9.82. The van der Waals surface area contributed by atoms with Gasteiger partial charge in [0.15, 0.2) is 5.78 Å². The first kappa shape index (κ1) is 29.7. The zero-order valence-corrected chi connectivity index (χ0v) is 25.2. The summed E-state index contributed by atoms with van der Waals surface area (Å²) in [5.74, 6) is -0.430. The van der Waals surface area contributed by atoms with E-state index in [9.17, 15) is 14.7 Å². The molecule has 5 rings (SSSR count). The maximum Gasteiger partial charge on any atom is 0.331 e. The van der Waals surface area contributed by atoms with Crippen LogP contribution in [0, 0.1) is 5.92 Å². The molecule has 2 aliphatic rings. The highest BCUT2D eigenvalue weighted by molar-refractivity contribution is 6.37. The molecule has 2 atom stereocenters. The molecule has 0 radical (unpaired) electrons. The van der Waals surface area contributed by atoms with Gasteiger partial charge in [-0.15, -0.1) is 0 Å². The molecule has 2 unspecified atom stereocenters. The van der Waals surface area contributed by atoms with Gasteiger partial charge in [0.25, 0.3) is 0 Å². The number of oxime groups is 1. The van der Waals surface area contributed by atoms with Gasteiger partial charge in [0.1, 0.15) is 0 Å². The van der Waals surface area contributed by atoms with Gasteiger partial charge in [0.05, 0.1) is 41.1 Å². The fourth-order valence-electron chi connectivity index (χ4n) is 6.45. The maximum absolute atomic E-state index is 13.9. The molecule has 3 aromatic rings. The van der Waals surface area contributed by atoms with E-state index in [1.54, 1.807) is 6.07 Å². The molecule has 220 valence electrons. The second-order valence-electron chi connectivity index (χ2n) is 11.8. The van der Waals surface area contributed by atoms with Crippen molar-refractivity contribution in [1.29, 1.82) is 0 Å². The average Bonchev–Trinajstić information content (AvgIpc) is 3.29. The molecule has 9 heteroatoms. The van der Waals surface area contributed by atoms with E-state index in [1.165, 1.54) is 6.92 Å². The van der Waals surface area contributed by atoms with Crippen molar-refractivity contribution in [1.82, 2.24) is 9.47 Å². The summed E-state index contributed by atoms with van der Waals surface area (Å²) in [6.07, 6.45) is 3.84. The molecule has 0 bridgehead atoms. The second-order valence-corrected chi connectivity index (χ2v) is 12.2. The Hall–Kier alpha value is -2.78. The van der Waals surface area contributed by atoms with E-state index in [-0.39, 0.29) is 11.7 Å². The summed E-state index contributed by atoms with van der Waals surface area (Å²) < 4.78 is 7.67. The van der Waals surface area contributed by atoms with Crippen molar-refractivity contribution in [3.63, 3.8) is 0 Å². The minimum absolute atomic E-state index is 0.0140. The second kappa shape index (κ2) is 12.2. The van der Waals surface area contributed by atoms with Gasteiger partial charge in [-0.3, -0.25) is 9.69 Å². The van der Waals surface area contributed by atoms with E-state index in [2.05, 4.69) is 21.5 Å². The number of aliphatic hydroxyl groups is 1. The van der Waals surface area contributed by atoms with Crippen LogP contribution >= 0.6 is 11.6 Å². The Morgan fingerprint density at radius 3 is 2.49 bits per heavy atom. The van der Waals surface area contributed by atoms with Crippen LogP contribution in [0.1, 0.15) is 75.7 Å². The van der Waals surface area contributed by atoms with Gasteiger partial charge in [-0.05, 0) is 70.2 Å². The highest BCUT2D eigenvalue weighted by Crippen LogP contribution is 2.37. The zero-order valence-electron chi connectivity index (χ0n) is 24.4. The third-order valence-electron chi connectivity index (χ3n) is 8.79. The molecule has 0 spiro atoms. The summed E-state index contributed by atoms with van der Waals surface area (Å²) in [7, 11) is 0. The van der Waals surface area contributed by atoms with Crippen LogP contribution < -0.4 is 0 Å². The van der Waals surface area contributed by atoms with Crippen molar-refractivity contribution in [3.05, 3.63) is 46.5 Å². The van der Waals surface area contributed by atoms with E-state index in [1.807, 2.05) is 38.1 Å². The molecule has 1 saturated carbocycles. The van der Waals surface area contributed by atoms with Crippen LogP contribution in [0.4, 0.5) is 0 Å². The summed E-state index contributed by atoms with van der Waals surface area (Å²) in [5.41, 5.74) is 3.17. The predicted molar refractivity (Wildman–Crippen MR) is 162 cm³/mol. The molecule has 41 heavy (non-hydrogen) atoms. The highest BCUT2D eigenvalue weighted by atomic mass is 35.5. The Kier molecular flexibility index (Phi) is 8.85. The lowest BCUT2D eigenvalue weighted by Crippen LogP contribution is -2.54. The van der Waals surface area contributed by atoms with Gasteiger partial charge in [-0.2, -0.15) is 0 Å². The molecule has 2 fully saturated rings. The third-order valence-corrected chi connectivity index (χ3v) is 9.08. The molecular formula is C32H40ClN3O5. The number of halogens is 1. The number of ether oxygens (including phenoxy) is 1. The predicted octanol–water partition coefficient (Wildman–Crippen LogP) is 5.97. The Morgan fingerprint density at radius 2 is 1.80 bits per heavy atom. The summed E-state index contributed by atoms with van der Waals surface area (Å²) in [5, 5.41) is 17.2. The minimum Gasteiger partial charge on any atom is -0.393 e. The summed E-state index contributed by atoms with van der Waals surface area (Å²) in [6.45, 7) is 10.6. The number of morpholine rings is 1. The summed E-state index contributed by atoms with van der Waals surface area (Å²) in [6, 6.07) is 9.80. The number of nitrogens with zero attached hydrogens (tertiary/aromatic N) is 3. The fraction of sp³-hybridized carbons (Fsp3) is 0.531. The number of ketones is 1. The number of hydrogen-bond donors (Lipinski definition) is 1. The van der Waals surface area contributed by atoms with E-state index in [4.69, 9.17) is 21.2 Å². The van der Waals surface area contributed by atoms with Gasteiger partial charge in [0, 0.05) is 54.0 Å². The SMILES string of the molecule is CCn1c2ccc(/C(CC3CCCCC3O)=N/OC(C)=O)cc2c2cc(C(=O)C(C)(C)N3CCOCC3)cc(Cl)c21. The molecule has 8 nitrogen and oxygen atoms in total. The van der Waals surface area contributed by atoms with Crippen molar-refractivity contribution < 1.29 is 24.3 Å². The first-order chi connectivity index (χ1) is 19.6. The van der Waals surface area contributed by atoms with Crippen LogP contribution in [0.2, 0.25) is 5.02 Å². The Morgan fingerprint density at radius 1 is 1.10 bits per heavy atom. The monoisotopic (exact) mass is 581 g/mol. The number of hydrogen-bond acceptors (Lipinski definition) is 7. The molecule has 0 amide bonds. The number of aryl methyl sites for hydroxylation is 1. The molecular weight excluding hydrogens is 542 g/mol. The zero-order chi connectivity index (χ0) is 29.3. The van der Waals surface area contributed by atoms with Crippen LogP contribution in [0.5, 0.6) is 0 Å². The number of rotatable bonds is 8. The largest absolute Gasteiger partial charge is 0.393 e. The van der Waals surface area contributed by atoms with Gasteiger partial charge in [-0.25, -0.2) is 4.79 Å². The van der Waals surface area contributed by atoms with E-state index in [0.29, 0.717) is 55.6 Å². The molecule has 1 saturated heterocycles. The Bertz CT molecular complexity index is 1490. The van der Waals surface area contributed by atoms with Crippen LogP contribution in [0.15, 0.2) is 35.5 Å². The van der Waals surface area contributed by atoms with Crippen LogP contribution in [0.3, 0.4) is 0 Å². The van der Waals surface area contributed by atoms with Gasteiger partial charge >= 0.3 is 5.97 Å². The number of aromatic nitrogens is 1. The number of carbonyl (C=O) groups is 2. The first-order valence-electron chi connectivity index (χ1n) is 14.7. The maximum atomic E-state index is 13.9. The molecule has 2 heterocycles. The van der Waals surface area contributed by atoms with E-state index >= 15 is 0 Å². The normalized spacial score (nSPS) is 21.0. The van der Waals surface area contributed by atoms with Crippen LogP contribution in [-0.4, -0.2) is 70.0 Å². The van der Waals surface area contributed by atoms with Crippen LogP contribution in [0.25, 0.3) is 21.8 Å². The molecule has 1 N–H and O–H groups in total. The van der Waals surface area contributed by atoms with Gasteiger partial charge in [0.2, 0.25) is 0 Å². The van der Waals surface area contributed by atoms with Crippen molar-refractivity contribution >= 4 is 50.9 Å². The van der Waals surface area contributed by atoms with Crippen LogP contribution in [-0.2, 0) is 20.9 Å². The molecule has 2 aromatic carbocycles. The molecule has 1 aliphatic heterocycles. The highest BCUT2D eigenvalue weighted by Gasteiger charge is 2.36. The topological polar surface area (TPSA) is 93.4 Å². The standard InChI is InChI=1S/C32H40ClN3O5/c1-5-36-28-11-10-21(27(34-41-20(2)37)19-22-8-6-7-9-29(22)38)16-24(28)25-17-23(18-26(33)30(25)36)31(39)32(3,4)35-12-14-40-15-13-35/h10-11,16-18,22,29,38H,5-9,12-15,19H2,1-4H3/b34-27+. The summed E-state index contributed by atoms with van der Waals surface area (Å²) in [4.78, 5) is 32.8. The minimum atomic E-state index is -0.709. The van der Waals surface area contributed by atoms with Crippen molar-refractivity contribution in [2.75, 3.05) is 26.3 Å². The molecule has 1 aliphatic carbocycles. The Balaban J connectivity index is 1.61. The number of fused-ring (bicyclic) bond motifs is 3. The third kappa shape index (κ3) is 5.93. The number of Topliss-reactive ketones (excluding diaryl/α,β-unsaturated/α-hetero) is 1. The van der Waals surface area contributed by atoms with Gasteiger partial charge in [-0.1, -0.05) is 35.7 Å². The number of aliphatic hydroxyl groups excluding tert-OH is 1. The quantitative estimate of drug-likeness (QED) is 0.152. The van der Waals surface area contributed by atoms with Gasteiger partial charge < -0.3 is 19.2 Å². The number of carbonyl (C=O) groups excluding carboxylic acids is 2. The summed E-state index contributed by atoms with van der Waals surface area (Å²) >= 11 is 6.91. The van der Waals surface area contributed by atoms with E-state index in [0.717, 1.165) is 53.1 Å². The van der Waals surface area contributed by atoms with Crippen molar-refractivity contribution in [2.24, 2.45) is 11.1 Å². The number of benzene rings is 2. The Labute approximate surface area is 246 Å². The molecule has 1 aromatic heterocycles.